The quantitative estimate of drug-likeness (QED) is 0.786. The lowest BCUT2D eigenvalue weighted by molar-refractivity contribution is -0.137. The lowest BCUT2D eigenvalue weighted by Gasteiger charge is -2.24. The van der Waals surface area contributed by atoms with E-state index in [1.807, 2.05) is 39.0 Å². The number of carbonyl (C=O) groups is 1. The van der Waals surface area contributed by atoms with Crippen molar-refractivity contribution in [1.29, 1.82) is 0 Å². The largest absolute Gasteiger partial charge is 0.481 e. The van der Waals surface area contributed by atoms with Gasteiger partial charge in [0.2, 0.25) is 0 Å². The normalized spacial score (nSPS) is 12.3. The molecule has 0 aromatic heterocycles. The number of nitrogens with zero attached hydrogens (tertiary/aromatic N) is 1. The maximum atomic E-state index is 12.2. The molecule has 0 bridgehead atoms. The zero-order chi connectivity index (χ0) is 14.4. The Morgan fingerprint density at radius 1 is 1.16 bits per heavy atom. The lowest BCUT2D eigenvalue weighted by Crippen LogP contribution is -2.40. The van der Waals surface area contributed by atoms with Crippen LogP contribution in [0, 0.1) is 0 Å². The van der Waals surface area contributed by atoms with E-state index in [4.69, 9.17) is 4.74 Å². The number of rotatable bonds is 6. The number of para-hydroxylation sites is 1. The summed E-state index contributed by atoms with van der Waals surface area (Å²) >= 11 is 0. The van der Waals surface area contributed by atoms with E-state index in [1.165, 1.54) is 0 Å². The van der Waals surface area contributed by atoms with E-state index in [0.29, 0.717) is 5.92 Å². The Labute approximate surface area is 116 Å². The van der Waals surface area contributed by atoms with Gasteiger partial charge in [-0.05, 0) is 38.3 Å². The van der Waals surface area contributed by atoms with Gasteiger partial charge < -0.3 is 9.64 Å². The van der Waals surface area contributed by atoms with Crippen molar-refractivity contribution in [2.24, 2.45) is 0 Å². The Bertz CT molecular complexity index is 411. The highest BCUT2D eigenvalue weighted by Crippen LogP contribution is 2.26. The average Bonchev–Trinajstić information content (AvgIpc) is 2.40. The standard InChI is InChI=1S/C16H25NO2/c1-6-17(7-2)16(18)13(5)19-15-11-9-8-10-14(15)12(3)4/h8-13H,6-7H2,1-5H3/t13-/m1/s1. The first-order valence-electron chi connectivity index (χ1n) is 7.05. The van der Waals surface area contributed by atoms with Crippen LogP contribution in [-0.2, 0) is 4.79 Å². The second-order valence-electron chi connectivity index (χ2n) is 4.96. The summed E-state index contributed by atoms with van der Waals surface area (Å²) in [6, 6.07) is 7.92. The van der Waals surface area contributed by atoms with Crippen LogP contribution in [0.25, 0.3) is 0 Å². The predicted molar refractivity (Wildman–Crippen MR) is 78.5 cm³/mol. The Hall–Kier alpha value is -1.51. The Balaban J connectivity index is 2.82. The highest BCUT2D eigenvalue weighted by molar-refractivity contribution is 5.80. The molecule has 1 rings (SSSR count). The summed E-state index contributed by atoms with van der Waals surface area (Å²) in [6.45, 7) is 11.5. The predicted octanol–water partition coefficient (Wildman–Crippen LogP) is 3.45. The number of ether oxygens (including phenoxy) is 1. The van der Waals surface area contributed by atoms with E-state index in [0.717, 1.165) is 24.4 Å². The molecule has 1 aromatic carbocycles. The van der Waals surface area contributed by atoms with E-state index < -0.39 is 6.10 Å². The smallest absolute Gasteiger partial charge is 0.263 e. The summed E-state index contributed by atoms with van der Waals surface area (Å²) in [5.74, 6) is 1.24. The highest BCUT2D eigenvalue weighted by atomic mass is 16.5. The molecule has 0 N–H and O–H groups in total. The number of hydrogen-bond donors (Lipinski definition) is 0. The Morgan fingerprint density at radius 3 is 2.26 bits per heavy atom. The number of benzene rings is 1. The topological polar surface area (TPSA) is 29.5 Å². The molecule has 1 atom stereocenters. The second kappa shape index (κ2) is 7.17. The van der Waals surface area contributed by atoms with Crippen molar-refractivity contribution in [3.05, 3.63) is 29.8 Å². The molecule has 0 saturated heterocycles. The van der Waals surface area contributed by atoms with Crippen molar-refractivity contribution in [3.63, 3.8) is 0 Å². The van der Waals surface area contributed by atoms with Gasteiger partial charge in [0.05, 0.1) is 0 Å². The van der Waals surface area contributed by atoms with Gasteiger partial charge in [-0.1, -0.05) is 32.0 Å². The van der Waals surface area contributed by atoms with Crippen LogP contribution in [0.5, 0.6) is 5.75 Å². The van der Waals surface area contributed by atoms with Gasteiger partial charge in [0.15, 0.2) is 6.10 Å². The van der Waals surface area contributed by atoms with Crippen LogP contribution in [0.2, 0.25) is 0 Å². The number of hydrogen-bond acceptors (Lipinski definition) is 2. The molecule has 1 aromatic rings. The zero-order valence-electron chi connectivity index (χ0n) is 12.6. The first-order chi connectivity index (χ1) is 9.01. The van der Waals surface area contributed by atoms with Gasteiger partial charge in [-0.3, -0.25) is 4.79 Å². The van der Waals surface area contributed by atoms with Gasteiger partial charge >= 0.3 is 0 Å². The molecular weight excluding hydrogens is 238 g/mol. The molecule has 19 heavy (non-hydrogen) atoms. The molecule has 0 heterocycles. The highest BCUT2D eigenvalue weighted by Gasteiger charge is 2.21. The van der Waals surface area contributed by atoms with Crippen LogP contribution >= 0.6 is 0 Å². The maximum absolute atomic E-state index is 12.2. The molecule has 0 unspecified atom stereocenters. The van der Waals surface area contributed by atoms with Crippen molar-refractivity contribution in [2.45, 2.75) is 46.6 Å². The number of carbonyl (C=O) groups excluding carboxylic acids is 1. The molecule has 1 amide bonds. The molecule has 106 valence electrons. The molecule has 0 aliphatic rings. The molecule has 0 aliphatic carbocycles. The molecule has 3 heteroatoms. The van der Waals surface area contributed by atoms with E-state index >= 15 is 0 Å². The second-order valence-corrected chi connectivity index (χ2v) is 4.96. The summed E-state index contributed by atoms with van der Waals surface area (Å²) in [5.41, 5.74) is 1.14. The Kier molecular flexibility index (Phi) is 5.87. The van der Waals surface area contributed by atoms with Gasteiger partial charge in [-0.2, -0.15) is 0 Å². The first-order valence-corrected chi connectivity index (χ1v) is 7.05. The minimum atomic E-state index is -0.445. The minimum absolute atomic E-state index is 0.0450. The van der Waals surface area contributed by atoms with Crippen LogP contribution in [0.1, 0.15) is 46.1 Å². The van der Waals surface area contributed by atoms with E-state index in [9.17, 15) is 4.79 Å². The first kappa shape index (κ1) is 15.5. The summed E-state index contributed by atoms with van der Waals surface area (Å²) in [4.78, 5) is 14.0. The maximum Gasteiger partial charge on any atom is 0.263 e. The molecular formula is C16H25NO2. The van der Waals surface area contributed by atoms with Gasteiger partial charge in [0, 0.05) is 13.1 Å². The summed E-state index contributed by atoms with van der Waals surface area (Å²) < 4.78 is 5.86. The van der Waals surface area contributed by atoms with Gasteiger partial charge in [0.25, 0.3) is 5.91 Å². The fourth-order valence-electron chi connectivity index (χ4n) is 2.10. The van der Waals surface area contributed by atoms with Gasteiger partial charge in [-0.25, -0.2) is 0 Å². The summed E-state index contributed by atoms with van der Waals surface area (Å²) in [6.07, 6.45) is -0.445. The molecule has 0 aliphatic heterocycles. The van der Waals surface area contributed by atoms with E-state index in [2.05, 4.69) is 19.9 Å². The molecule has 0 saturated carbocycles. The third-order valence-corrected chi connectivity index (χ3v) is 3.27. The van der Waals surface area contributed by atoms with Crippen LogP contribution in [0.4, 0.5) is 0 Å². The van der Waals surface area contributed by atoms with Crippen LogP contribution in [0.15, 0.2) is 24.3 Å². The van der Waals surface area contributed by atoms with Crippen molar-refractivity contribution >= 4 is 5.91 Å². The zero-order valence-corrected chi connectivity index (χ0v) is 12.6. The van der Waals surface area contributed by atoms with Crippen molar-refractivity contribution in [2.75, 3.05) is 13.1 Å². The fraction of sp³-hybridized carbons (Fsp3) is 0.562. The van der Waals surface area contributed by atoms with Crippen LogP contribution in [-0.4, -0.2) is 30.0 Å². The third kappa shape index (κ3) is 3.98. The molecule has 0 fully saturated rings. The summed E-state index contributed by atoms with van der Waals surface area (Å²) in [5, 5.41) is 0. The molecule has 0 spiro atoms. The van der Waals surface area contributed by atoms with Crippen LogP contribution < -0.4 is 4.74 Å². The number of amides is 1. The molecule has 3 nitrogen and oxygen atoms in total. The SMILES string of the molecule is CCN(CC)C(=O)[C@@H](C)Oc1ccccc1C(C)C. The molecule has 0 radical (unpaired) electrons. The van der Waals surface area contributed by atoms with Gasteiger partial charge in [-0.15, -0.1) is 0 Å². The van der Waals surface area contributed by atoms with E-state index in [-0.39, 0.29) is 5.91 Å². The van der Waals surface area contributed by atoms with Crippen molar-refractivity contribution in [1.82, 2.24) is 4.90 Å². The fourth-order valence-corrected chi connectivity index (χ4v) is 2.10. The Morgan fingerprint density at radius 2 is 1.74 bits per heavy atom. The average molecular weight is 263 g/mol. The summed E-state index contributed by atoms with van der Waals surface area (Å²) in [7, 11) is 0. The van der Waals surface area contributed by atoms with Crippen LogP contribution in [0.3, 0.4) is 0 Å². The van der Waals surface area contributed by atoms with Crippen molar-refractivity contribution in [3.8, 4) is 5.75 Å². The number of likely N-dealkylation sites (N-methyl/N-ethyl adjacent to an activating group) is 1. The van der Waals surface area contributed by atoms with E-state index in [1.54, 1.807) is 4.90 Å². The van der Waals surface area contributed by atoms with Gasteiger partial charge in [0.1, 0.15) is 5.75 Å². The minimum Gasteiger partial charge on any atom is -0.481 e. The monoisotopic (exact) mass is 263 g/mol. The van der Waals surface area contributed by atoms with Crippen molar-refractivity contribution < 1.29 is 9.53 Å². The third-order valence-electron chi connectivity index (χ3n) is 3.27. The lowest BCUT2D eigenvalue weighted by atomic mass is 10.0.